The summed E-state index contributed by atoms with van der Waals surface area (Å²) < 4.78 is 15.6. The first kappa shape index (κ1) is 23.4. The van der Waals surface area contributed by atoms with E-state index in [0.29, 0.717) is 0 Å². The lowest BCUT2D eigenvalue weighted by atomic mass is 10.2. The summed E-state index contributed by atoms with van der Waals surface area (Å²) in [5.41, 5.74) is 5.08. The molecule has 0 spiro atoms. The largest absolute Gasteiger partial charge is 0.521 e. The van der Waals surface area contributed by atoms with E-state index in [1.54, 1.807) is 0 Å². The number of benzene rings is 4. The van der Waals surface area contributed by atoms with Crippen molar-refractivity contribution in [2.24, 2.45) is 0 Å². The van der Waals surface area contributed by atoms with Crippen LogP contribution in [0, 0.1) is 0 Å². The van der Waals surface area contributed by atoms with Crippen LogP contribution in [-0.4, -0.2) is 14.0 Å². The van der Waals surface area contributed by atoms with Gasteiger partial charge in [0.15, 0.2) is 0 Å². The maximum atomic E-state index is 3.89. The second kappa shape index (κ2) is 12.5. The van der Waals surface area contributed by atoms with Crippen LogP contribution in [0.2, 0.25) is 0 Å². The molecule has 168 valence electrons. The van der Waals surface area contributed by atoms with Crippen LogP contribution in [-0.2, 0) is 26.2 Å². The van der Waals surface area contributed by atoms with Gasteiger partial charge in [0.05, 0.1) is 0 Å². The zero-order valence-corrected chi connectivity index (χ0v) is 20.1. The molecule has 0 radical (unpaired) electrons. The van der Waals surface area contributed by atoms with Crippen LogP contribution in [0.25, 0.3) is 0 Å². The fraction of sp³-hybridized carbons (Fsp3) is 0.143. The van der Waals surface area contributed by atoms with Gasteiger partial charge in [-0.05, 0) is 48.4 Å². The van der Waals surface area contributed by atoms with Crippen LogP contribution in [0.15, 0.2) is 121 Å². The Labute approximate surface area is 200 Å². The second-order valence-corrected chi connectivity index (χ2v) is 11.7. The van der Waals surface area contributed by atoms with E-state index in [2.05, 4.69) is 139 Å². The van der Waals surface area contributed by atoms with Crippen molar-refractivity contribution in [3.63, 3.8) is 0 Å². The quantitative estimate of drug-likeness (QED) is 0.238. The van der Waals surface area contributed by atoms with Gasteiger partial charge in [-0.1, -0.05) is 121 Å². The summed E-state index contributed by atoms with van der Waals surface area (Å²) in [6.45, 7) is 3.15. The molecule has 0 saturated heterocycles. The maximum absolute atomic E-state index is 3.89. The highest BCUT2D eigenvalue weighted by molar-refractivity contribution is 6.69. The molecule has 0 unspecified atom stereocenters. The molecule has 4 rings (SSSR count). The van der Waals surface area contributed by atoms with Crippen molar-refractivity contribution < 1.29 is 0 Å². The summed E-state index contributed by atoms with van der Waals surface area (Å²) in [7, 11) is 0. The molecule has 5 heteroatoms. The Hall–Kier alpha value is -2.75. The van der Waals surface area contributed by atoms with Crippen LogP contribution in [0.3, 0.4) is 0 Å². The molecule has 0 heterocycles. The summed E-state index contributed by atoms with van der Waals surface area (Å²) in [4.78, 5) is 0. The predicted molar refractivity (Wildman–Crippen MR) is 139 cm³/mol. The molecule has 0 fully saturated rings. The summed E-state index contributed by atoms with van der Waals surface area (Å²) in [5.74, 6) is 0. The lowest BCUT2D eigenvalue weighted by Crippen LogP contribution is -2.79. The molecule has 0 bridgehead atoms. The van der Waals surface area contributed by atoms with Crippen LogP contribution in [0.5, 0.6) is 0 Å². The monoisotopic (exact) mass is 451 g/mol. The fourth-order valence-electron chi connectivity index (χ4n) is 3.90. The average Bonchev–Trinajstić information content (AvgIpc) is 2.90. The Morgan fingerprint density at radius 2 is 0.545 bits per heavy atom. The van der Waals surface area contributed by atoms with E-state index in [9.17, 15) is 0 Å². The van der Waals surface area contributed by atoms with E-state index < -0.39 is 14.0 Å². The molecule has 0 aliphatic heterocycles. The average molecular weight is 452 g/mol. The zero-order chi connectivity index (χ0) is 22.6. The van der Waals surface area contributed by atoms with E-state index in [1.807, 2.05) is 0 Å². The zero-order valence-electron chi connectivity index (χ0n) is 19.0. The maximum Gasteiger partial charge on any atom is 0.521 e. The lowest BCUT2D eigenvalue weighted by Gasteiger charge is -2.41. The third kappa shape index (κ3) is 7.66. The third-order valence-corrected chi connectivity index (χ3v) is 9.09. The first-order valence-corrected chi connectivity index (χ1v) is 13.9. The Balaban J connectivity index is 1.56. The van der Waals surface area contributed by atoms with Crippen molar-refractivity contribution in [3.8, 4) is 0 Å². The molecule has 0 amide bonds. The van der Waals surface area contributed by atoms with Crippen molar-refractivity contribution in [1.82, 2.24) is 17.2 Å². The van der Waals surface area contributed by atoms with E-state index in [-0.39, 0.29) is 0 Å². The third-order valence-electron chi connectivity index (χ3n) is 5.82. The smallest absolute Gasteiger partial charge is 0.483 e. The van der Waals surface area contributed by atoms with Gasteiger partial charge < -0.3 is 17.2 Å². The van der Waals surface area contributed by atoms with Crippen LogP contribution in [0.4, 0.5) is 0 Å². The highest BCUT2D eigenvalue weighted by atomic mass is 27.3. The van der Waals surface area contributed by atoms with Gasteiger partial charge in [-0.25, -0.2) is 0 Å². The van der Waals surface area contributed by atoms with Gasteiger partial charge in [-0.2, -0.15) is 0 Å². The summed E-state index contributed by atoms with van der Waals surface area (Å²) in [6.07, 6.45) is 0. The second-order valence-electron chi connectivity index (χ2n) is 8.33. The Kier molecular flexibility index (Phi) is 8.85. The standard InChI is InChI=1S/4C7H8N.Al/c4*8-6-7-4-2-1-3-5-7;/h4*1-5,8H,6H2;/q4*-1;+3. The van der Waals surface area contributed by atoms with Crippen LogP contribution < -0.4 is 17.2 Å². The number of nitrogens with one attached hydrogen (secondary N) is 4. The van der Waals surface area contributed by atoms with Crippen molar-refractivity contribution in [1.29, 1.82) is 0 Å². The van der Waals surface area contributed by atoms with Gasteiger partial charge in [0, 0.05) is 0 Å². The SMILES string of the molecule is c1ccc(C[NH][Al-]([NH]Cc2ccccc2)([NH]Cc2ccccc2)[NH]Cc2ccccc2)cc1. The van der Waals surface area contributed by atoms with E-state index in [4.69, 9.17) is 0 Å². The molecule has 0 saturated carbocycles. The number of hydrogen-bond donors (Lipinski definition) is 4. The van der Waals surface area contributed by atoms with Gasteiger partial charge in [0.2, 0.25) is 0 Å². The van der Waals surface area contributed by atoms with Gasteiger partial charge in [-0.15, -0.1) is 0 Å². The minimum Gasteiger partial charge on any atom is -0.483 e. The molecule has 0 aromatic heterocycles. The van der Waals surface area contributed by atoms with Crippen molar-refractivity contribution in [2.75, 3.05) is 0 Å². The molecule has 4 aromatic carbocycles. The normalized spacial score (nSPS) is 11.4. The Morgan fingerprint density at radius 1 is 0.333 bits per heavy atom. The number of rotatable bonds is 12. The molecule has 0 aliphatic rings. The van der Waals surface area contributed by atoms with E-state index in [0.717, 1.165) is 26.2 Å². The van der Waals surface area contributed by atoms with Gasteiger partial charge in [0.1, 0.15) is 0 Å². The highest BCUT2D eigenvalue weighted by Gasteiger charge is 2.33. The van der Waals surface area contributed by atoms with Gasteiger partial charge >= 0.3 is 14.0 Å². The molecule has 33 heavy (non-hydrogen) atoms. The predicted octanol–water partition coefficient (Wildman–Crippen LogP) is 4.58. The summed E-state index contributed by atoms with van der Waals surface area (Å²) in [5, 5.41) is 0. The van der Waals surface area contributed by atoms with Crippen LogP contribution >= 0.6 is 0 Å². The van der Waals surface area contributed by atoms with Gasteiger partial charge in [-0.3, -0.25) is 0 Å². The highest BCUT2D eigenvalue weighted by Crippen LogP contribution is 2.06. The summed E-state index contributed by atoms with van der Waals surface area (Å²) in [6, 6.07) is 42.3. The molecule has 0 aliphatic carbocycles. The van der Waals surface area contributed by atoms with Gasteiger partial charge in [0.25, 0.3) is 0 Å². The fourth-order valence-corrected chi connectivity index (χ4v) is 6.93. The first-order valence-electron chi connectivity index (χ1n) is 11.6. The van der Waals surface area contributed by atoms with E-state index >= 15 is 0 Å². The minimum absolute atomic E-state index is 0.789. The first-order chi connectivity index (χ1) is 16.3. The van der Waals surface area contributed by atoms with Crippen molar-refractivity contribution in [2.45, 2.75) is 26.2 Å². The summed E-state index contributed by atoms with van der Waals surface area (Å²) >= 11 is -2.90. The Bertz CT molecular complexity index is 881. The van der Waals surface area contributed by atoms with Crippen molar-refractivity contribution in [3.05, 3.63) is 144 Å². The molecular weight excluding hydrogens is 419 g/mol. The minimum atomic E-state index is -2.90. The Morgan fingerprint density at radius 3 is 0.758 bits per heavy atom. The van der Waals surface area contributed by atoms with Crippen molar-refractivity contribution >= 4 is 14.0 Å². The molecule has 4 nitrogen and oxygen atoms in total. The molecule has 4 N–H and O–H groups in total. The van der Waals surface area contributed by atoms with E-state index in [1.165, 1.54) is 22.3 Å². The molecular formula is C28H32AlN4-. The lowest BCUT2D eigenvalue weighted by molar-refractivity contribution is 0.666. The molecule has 4 aromatic rings. The molecule has 0 atom stereocenters. The topological polar surface area (TPSA) is 48.1 Å². The number of hydrogen-bond acceptors (Lipinski definition) is 4. The van der Waals surface area contributed by atoms with Crippen LogP contribution in [0.1, 0.15) is 22.3 Å².